The van der Waals surface area contributed by atoms with Crippen LogP contribution in [0.5, 0.6) is 0 Å². The van der Waals surface area contributed by atoms with Gasteiger partial charge in [-0.2, -0.15) is 0 Å². The Labute approximate surface area is 92.1 Å². The van der Waals surface area contributed by atoms with E-state index < -0.39 is 6.10 Å². The summed E-state index contributed by atoms with van der Waals surface area (Å²) in [6.45, 7) is 8.15. The number of aliphatic hydroxyl groups excluding tert-OH is 1. The van der Waals surface area contributed by atoms with Gasteiger partial charge in [0.2, 0.25) is 0 Å². The van der Waals surface area contributed by atoms with Crippen molar-refractivity contribution in [1.82, 2.24) is 0 Å². The van der Waals surface area contributed by atoms with Crippen LogP contribution in [0.2, 0.25) is 0 Å². The van der Waals surface area contributed by atoms with Crippen LogP contribution in [0.25, 0.3) is 0 Å². The summed E-state index contributed by atoms with van der Waals surface area (Å²) in [5.41, 5.74) is 10.4. The molecule has 0 aliphatic rings. The quantitative estimate of drug-likeness (QED) is 0.799. The minimum Gasteiger partial charge on any atom is -0.387 e. The summed E-state index contributed by atoms with van der Waals surface area (Å²) >= 11 is 0. The Morgan fingerprint density at radius 1 is 1.13 bits per heavy atom. The van der Waals surface area contributed by atoms with E-state index in [0.29, 0.717) is 0 Å². The number of benzene rings is 1. The van der Waals surface area contributed by atoms with Gasteiger partial charge in [-0.25, -0.2) is 0 Å². The Bertz CT molecular complexity index is 347. The first-order chi connectivity index (χ1) is 6.97. The lowest BCUT2D eigenvalue weighted by atomic mass is 9.93. The van der Waals surface area contributed by atoms with Gasteiger partial charge in [-0.3, -0.25) is 0 Å². The first-order valence-electron chi connectivity index (χ1n) is 5.48. The Morgan fingerprint density at radius 2 is 1.67 bits per heavy atom. The third kappa shape index (κ3) is 2.58. The Hall–Kier alpha value is -0.860. The molecule has 0 saturated heterocycles. The summed E-state index contributed by atoms with van der Waals surface area (Å²) in [7, 11) is 0. The second-order valence-corrected chi connectivity index (χ2v) is 4.31. The molecule has 15 heavy (non-hydrogen) atoms. The number of nitrogens with two attached hydrogens (primary N) is 1. The summed E-state index contributed by atoms with van der Waals surface area (Å²) in [6.07, 6.45) is 0.238. The molecule has 1 rings (SSSR count). The maximum atomic E-state index is 10.1. The van der Waals surface area contributed by atoms with Crippen molar-refractivity contribution in [2.45, 2.75) is 46.3 Å². The van der Waals surface area contributed by atoms with Crippen LogP contribution in [0.15, 0.2) is 12.1 Å². The molecule has 0 saturated carbocycles. The van der Waals surface area contributed by atoms with E-state index in [0.717, 1.165) is 17.5 Å². The van der Waals surface area contributed by atoms with Gasteiger partial charge in [-0.05, 0) is 49.4 Å². The summed E-state index contributed by atoms with van der Waals surface area (Å²) in [6, 6.07) is 3.98. The Kier molecular flexibility index (Phi) is 3.89. The van der Waals surface area contributed by atoms with Crippen LogP contribution < -0.4 is 5.73 Å². The second kappa shape index (κ2) is 4.77. The van der Waals surface area contributed by atoms with Crippen LogP contribution in [-0.4, -0.2) is 11.1 Å². The molecule has 1 aromatic rings. The summed E-state index contributed by atoms with van der Waals surface area (Å²) in [4.78, 5) is 0. The van der Waals surface area contributed by atoms with Gasteiger partial charge in [0.15, 0.2) is 0 Å². The van der Waals surface area contributed by atoms with Crippen LogP contribution in [0, 0.1) is 20.8 Å². The van der Waals surface area contributed by atoms with E-state index >= 15 is 0 Å². The van der Waals surface area contributed by atoms with Crippen LogP contribution in [-0.2, 0) is 0 Å². The van der Waals surface area contributed by atoms with E-state index in [4.69, 9.17) is 5.73 Å². The number of aryl methyl sites for hydroxylation is 3. The third-order valence-corrected chi connectivity index (χ3v) is 3.08. The van der Waals surface area contributed by atoms with Crippen LogP contribution in [0.4, 0.5) is 0 Å². The van der Waals surface area contributed by atoms with E-state index in [1.165, 1.54) is 11.1 Å². The van der Waals surface area contributed by atoms with Gasteiger partial charge in [0.25, 0.3) is 0 Å². The lowest BCUT2D eigenvalue weighted by Gasteiger charge is -2.20. The third-order valence-electron chi connectivity index (χ3n) is 3.08. The first-order valence-corrected chi connectivity index (χ1v) is 5.48. The van der Waals surface area contributed by atoms with Gasteiger partial charge in [-0.1, -0.05) is 19.1 Å². The zero-order chi connectivity index (χ0) is 11.6. The molecule has 0 fully saturated rings. The SMILES string of the molecule is CCC(N)C(O)c1cc(C)c(C)cc1C. The predicted octanol–water partition coefficient (Wildman–Crippen LogP) is 2.38. The van der Waals surface area contributed by atoms with Crippen molar-refractivity contribution in [3.05, 3.63) is 34.4 Å². The maximum absolute atomic E-state index is 10.1. The monoisotopic (exact) mass is 207 g/mol. The molecule has 0 aromatic heterocycles. The summed E-state index contributed by atoms with van der Waals surface area (Å²) < 4.78 is 0. The molecule has 0 aliphatic carbocycles. The van der Waals surface area contributed by atoms with E-state index in [2.05, 4.69) is 19.9 Å². The van der Waals surface area contributed by atoms with Crippen molar-refractivity contribution in [1.29, 1.82) is 0 Å². The minimum absolute atomic E-state index is 0.175. The van der Waals surface area contributed by atoms with Gasteiger partial charge in [0, 0.05) is 6.04 Å². The molecular weight excluding hydrogens is 186 g/mol. The average Bonchev–Trinajstić information content (AvgIpc) is 2.21. The van der Waals surface area contributed by atoms with Crippen molar-refractivity contribution < 1.29 is 5.11 Å². The fourth-order valence-electron chi connectivity index (χ4n) is 1.76. The molecule has 84 valence electrons. The zero-order valence-electron chi connectivity index (χ0n) is 10.0. The van der Waals surface area contributed by atoms with Crippen LogP contribution in [0.3, 0.4) is 0 Å². The van der Waals surface area contributed by atoms with Crippen LogP contribution >= 0.6 is 0 Å². The molecule has 1 aromatic carbocycles. The normalized spacial score (nSPS) is 15.1. The van der Waals surface area contributed by atoms with Crippen molar-refractivity contribution in [2.75, 3.05) is 0 Å². The molecule has 0 heterocycles. The van der Waals surface area contributed by atoms with Crippen molar-refractivity contribution in [3.8, 4) is 0 Å². The smallest absolute Gasteiger partial charge is 0.0943 e. The fourth-order valence-corrected chi connectivity index (χ4v) is 1.76. The summed E-state index contributed by atoms with van der Waals surface area (Å²) in [5, 5.41) is 10.1. The molecule has 2 heteroatoms. The molecule has 3 N–H and O–H groups in total. The zero-order valence-corrected chi connectivity index (χ0v) is 10.0. The standard InChI is InChI=1S/C13H21NO/c1-5-12(14)13(15)11-7-9(3)8(2)6-10(11)4/h6-7,12-13,15H,5,14H2,1-4H3. The highest BCUT2D eigenvalue weighted by molar-refractivity contribution is 5.38. The molecular formula is C13H21NO. The van der Waals surface area contributed by atoms with Crippen molar-refractivity contribution in [3.63, 3.8) is 0 Å². The van der Waals surface area contributed by atoms with Gasteiger partial charge in [0.05, 0.1) is 6.10 Å². The number of aliphatic hydroxyl groups is 1. The van der Waals surface area contributed by atoms with Crippen LogP contribution in [0.1, 0.15) is 41.7 Å². The van der Waals surface area contributed by atoms with Crippen molar-refractivity contribution >= 4 is 0 Å². The average molecular weight is 207 g/mol. The maximum Gasteiger partial charge on any atom is 0.0943 e. The fraction of sp³-hybridized carbons (Fsp3) is 0.538. The molecule has 0 spiro atoms. The molecule has 0 bridgehead atoms. The molecule has 0 aliphatic heterocycles. The number of hydrogen-bond donors (Lipinski definition) is 2. The largest absolute Gasteiger partial charge is 0.387 e. The first kappa shape index (κ1) is 12.2. The number of rotatable bonds is 3. The van der Waals surface area contributed by atoms with Crippen molar-refractivity contribution in [2.24, 2.45) is 5.73 Å². The lowest BCUT2D eigenvalue weighted by molar-refractivity contribution is 0.143. The predicted molar refractivity (Wildman–Crippen MR) is 63.9 cm³/mol. The molecule has 2 nitrogen and oxygen atoms in total. The minimum atomic E-state index is -0.547. The lowest BCUT2D eigenvalue weighted by Crippen LogP contribution is -2.27. The summed E-state index contributed by atoms with van der Waals surface area (Å²) in [5.74, 6) is 0. The Morgan fingerprint density at radius 3 is 2.20 bits per heavy atom. The molecule has 2 atom stereocenters. The van der Waals surface area contributed by atoms with Gasteiger partial charge in [0.1, 0.15) is 0 Å². The van der Waals surface area contributed by atoms with Gasteiger partial charge in [-0.15, -0.1) is 0 Å². The van der Waals surface area contributed by atoms with E-state index in [9.17, 15) is 5.11 Å². The topological polar surface area (TPSA) is 46.2 Å². The molecule has 0 radical (unpaired) electrons. The van der Waals surface area contributed by atoms with E-state index in [-0.39, 0.29) is 6.04 Å². The van der Waals surface area contributed by atoms with E-state index in [1.807, 2.05) is 19.9 Å². The van der Waals surface area contributed by atoms with E-state index in [1.54, 1.807) is 0 Å². The molecule has 2 unspecified atom stereocenters. The van der Waals surface area contributed by atoms with Gasteiger partial charge >= 0.3 is 0 Å². The van der Waals surface area contributed by atoms with Gasteiger partial charge < -0.3 is 10.8 Å². The highest BCUT2D eigenvalue weighted by Crippen LogP contribution is 2.24. The molecule has 0 amide bonds. The highest BCUT2D eigenvalue weighted by Gasteiger charge is 2.17. The Balaban J connectivity index is 3.09. The highest BCUT2D eigenvalue weighted by atomic mass is 16.3. The number of hydrogen-bond acceptors (Lipinski definition) is 2. The second-order valence-electron chi connectivity index (χ2n) is 4.31.